The summed E-state index contributed by atoms with van der Waals surface area (Å²) in [6, 6.07) is 6.40. The molecule has 0 aromatic heterocycles. The van der Waals surface area contributed by atoms with Crippen LogP contribution in [-0.2, 0) is 0 Å². The molecule has 1 aromatic rings. The number of hydrogen-bond donors (Lipinski definition) is 1. The summed E-state index contributed by atoms with van der Waals surface area (Å²) in [6.45, 7) is 3.13. The molecule has 1 unspecified atom stereocenters. The van der Waals surface area contributed by atoms with Crippen LogP contribution in [0.1, 0.15) is 40.4 Å². The van der Waals surface area contributed by atoms with Crippen molar-refractivity contribution in [3.8, 4) is 0 Å². The van der Waals surface area contributed by atoms with E-state index in [1.54, 1.807) is 0 Å². The van der Waals surface area contributed by atoms with Crippen LogP contribution < -0.4 is 5.32 Å². The summed E-state index contributed by atoms with van der Waals surface area (Å²) in [5, 5.41) is 3.42. The molecule has 1 N–H and O–H groups in total. The molecule has 1 saturated heterocycles. The molecular formula is C12H15NO. The molecule has 2 rings (SSSR count). The van der Waals surface area contributed by atoms with Crippen molar-refractivity contribution in [1.29, 1.82) is 0 Å². The molecule has 1 fully saturated rings. The lowest BCUT2D eigenvalue weighted by Gasteiger charge is -2.13. The van der Waals surface area contributed by atoms with Gasteiger partial charge in [-0.3, -0.25) is 4.79 Å². The number of aldehydes is 1. The predicted octanol–water partition coefficient (Wildman–Crippen LogP) is 2.23. The van der Waals surface area contributed by atoms with Crippen LogP contribution in [0.15, 0.2) is 18.2 Å². The minimum Gasteiger partial charge on any atom is -0.310 e. The van der Waals surface area contributed by atoms with Crippen molar-refractivity contribution in [2.75, 3.05) is 6.54 Å². The highest BCUT2D eigenvalue weighted by atomic mass is 16.1. The molecule has 2 nitrogen and oxygen atoms in total. The van der Waals surface area contributed by atoms with E-state index < -0.39 is 0 Å². The molecule has 0 aliphatic carbocycles. The maximum atomic E-state index is 10.9. The van der Waals surface area contributed by atoms with Gasteiger partial charge in [-0.15, -0.1) is 0 Å². The lowest BCUT2D eigenvalue weighted by Crippen LogP contribution is -2.14. The van der Waals surface area contributed by atoms with Crippen molar-refractivity contribution >= 4 is 6.29 Å². The Balaban J connectivity index is 2.37. The molecular weight excluding hydrogens is 174 g/mol. The Bertz CT molecular complexity index is 340. The maximum absolute atomic E-state index is 10.9. The van der Waals surface area contributed by atoms with Gasteiger partial charge in [0.05, 0.1) is 0 Å². The third kappa shape index (κ3) is 1.70. The van der Waals surface area contributed by atoms with E-state index in [0.717, 1.165) is 30.4 Å². The Morgan fingerprint density at radius 3 is 3.00 bits per heavy atom. The molecule has 1 aromatic carbocycles. The Morgan fingerprint density at radius 2 is 2.36 bits per heavy atom. The number of nitrogens with one attached hydrogen (secondary N) is 1. The van der Waals surface area contributed by atoms with E-state index in [1.165, 1.54) is 12.0 Å². The Kier molecular flexibility index (Phi) is 2.64. The quantitative estimate of drug-likeness (QED) is 0.723. The zero-order valence-electron chi connectivity index (χ0n) is 8.42. The van der Waals surface area contributed by atoms with E-state index in [-0.39, 0.29) is 0 Å². The lowest BCUT2D eigenvalue weighted by molar-refractivity contribution is 0.112. The molecule has 1 aliphatic rings. The zero-order valence-corrected chi connectivity index (χ0v) is 8.42. The highest BCUT2D eigenvalue weighted by Gasteiger charge is 2.18. The van der Waals surface area contributed by atoms with E-state index in [9.17, 15) is 4.79 Å². The number of carbonyl (C=O) groups excluding carboxylic acids is 1. The van der Waals surface area contributed by atoms with Crippen LogP contribution in [0.25, 0.3) is 0 Å². The fourth-order valence-electron chi connectivity index (χ4n) is 2.05. The van der Waals surface area contributed by atoms with Gasteiger partial charge in [-0.05, 0) is 31.9 Å². The Labute approximate surface area is 84.3 Å². The summed E-state index contributed by atoms with van der Waals surface area (Å²) in [5.74, 6) is 0. The Morgan fingerprint density at radius 1 is 1.50 bits per heavy atom. The summed E-state index contributed by atoms with van der Waals surface area (Å²) in [5.41, 5.74) is 3.21. The minimum absolute atomic E-state index is 0.384. The molecule has 74 valence electrons. The summed E-state index contributed by atoms with van der Waals surface area (Å²) in [7, 11) is 0. The molecule has 0 spiro atoms. The molecule has 0 amide bonds. The number of benzene rings is 1. The second-order valence-electron chi connectivity index (χ2n) is 3.90. The van der Waals surface area contributed by atoms with Crippen molar-refractivity contribution < 1.29 is 4.79 Å². The van der Waals surface area contributed by atoms with Gasteiger partial charge >= 0.3 is 0 Å². The van der Waals surface area contributed by atoms with E-state index in [0.29, 0.717) is 6.04 Å². The van der Waals surface area contributed by atoms with E-state index >= 15 is 0 Å². The number of aryl methyl sites for hydroxylation is 1. The van der Waals surface area contributed by atoms with Crippen molar-refractivity contribution in [2.24, 2.45) is 0 Å². The largest absolute Gasteiger partial charge is 0.310 e. The van der Waals surface area contributed by atoms with E-state index in [2.05, 4.69) is 18.3 Å². The number of carbonyl (C=O) groups is 1. The summed E-state index contributed by atoms with van der Waals surface area (Å²) in [6.07, 6.45) is 3.30. The smallest absolute Gasteiger partial charge is 0.150 e. The fourth-order valence-corrected chi connectivity index (χ4v) is 2.05. The highest BCUT2D eigenvalue weighted by molar-refractivity contribution is 5.77. The first kappa shape index (κ1) is 9.41. The summed E-state index contributed by atoms with van der Waals surface area (Å²) < 4.78 is 0. The second-order valence-corrected chi connectivity index (χ2v) is 3.90. The van der Waals surface area contributed by atoms with Crippen LogP contribution in [0.2, 0.25) is 0 Å². The predicted molar refractivity (Wildman–Crippen MR) is 56.5 cm³/mol. The average molecular weight is 189 g/mol. The first-order valence-electron chi connectivity index (χ1n) is 5.10. The van der Waals surface area contributed by atoms with Gasteiger partial charge in [0.1, 0.15) is 6.29 Å². The normalized spacial score (nSPS) is 21.1. The molecule has 0 saturated carbocycles. The SMILES string of the molecule is Cc1ccc(C=O)c(C2CCCN2)c1. The second kappa shape index (κ2) is 3.93. The van der Waals surface area contributed by atoms with Crippen molar-refractivity contribution in [3.05, 3.63) is 34.9 Å². The fraction of sp³-hybridized carbons (Fsp3) is 0.417. The molecule has 14 heavy (non-hydrogen) atoms. The van der Waals surface area contributed by atoms with Crippen LogP contribution >= 0.6 is 0 Å². The number of hydrogen-bond acceptors (Lipinski definition) is 2. The van der Waals surface area contributed by atoms with E-state index in [4.69, 9.17) is 0 Å². The van der Waals surface area contributed by atoms with Crippen LogP contribution in [0.5, 0.6) is 0 Å². The van der Waals surface area contributed by atoms with Gasteiger partial charge in [0.2, 0.25) is 0 Å². The third-order valence-electron chi connectivity index (χ3n) is 2.80. The molecule has 0 radical (unpaired) electrons. The monoisotopic (exact) mass is 189 g/mol. The van der Waals surface area contributed by atoms with Gasteiger partial charge in [-0.1, -0.05) is 23.8 Å². The van der Waals surface area contributed by atoms with Gasteiger partial charge in [-0.25, -0.2) is 0 Å². The molecule has 2 heteroatoms. The molecule has 1 aliphatic heterocycles. The minimum atomic E-state index is 0.384. The molecule has 0 bridgehead atoms. The summed E-state index contributed by atoms with van der Waals surface area (Å²) in [4.78, 5) is 10.9. The van der Waals surface area contributed by atoms with Gasteiger partial charge in [0.15, 0.2) is 0 Å². The van der Waals surface area contributed by atoms with Gasteiger partial charge in [0.25, 0.3) is 0 Å². The first-order valence-corrected chi connectivity index (χ1v) is 5.10. The van der Waals surface area contributed by atoms with Gasteiger partial charge < -0.3 is 5.32 Å². The van der Waals surface area contributed by atoms with Crippen molar-refractivity contribution in [2.45, 2.75) is 25.8 Å². The standard InChI is InChI=1S/C12H15NO/c1-9-4-5-10(8-14)11(7-9)12-3-2-6-13-12/h4-5,7-8,12-13H,2-3,6H2,1H3. The van der Waals surface area contributed by atoms with Crippen molar-refractivity contribution in [1.82, 2.24) is 5.32 Å². The average Bonchev–Trinajstić information content (AvgIpc) is 2.70. The molecule has 1 heterocycles. The van der Waals surface area contributed by atoms with Gasteiger partial charge in [0, 0.05) is 11.6 Å². The van der Waals surface area contributed by atoms with Gasteiger partial charge in [-0.2, -0.15) is 0 Å². The Hall–Kier alpha value is -1.15. The van der Waals surface area contributed by atoms with Crippen molar-refractivity contribution in [3.63, 3.8) is 0 Å². The lowest BCUT2D eigenvalue weighted by atomic mass is 9.98. The summed E-state index contributed by atoms with van der Waals surface area (Å²) >= 11 is 0. The number of rotatable bonds is 2. The van der Waals surface area contributed by atoms with Crippen LogP contribution in [-0.4, -0.2) is 12.8 Å². The van der Waals surface area contributed by atoms with Crippen LogP contribution in [0.3, 0.4) is 0 Å². The highest BCUT2D eigenvalue weighted by Crippen LogP contribution is 2.26. The van der Waals surface area contributed by atoms with E-state index in [1.807, 2.05) is 12.1 Å². The maximum Gasteiger partial charge on any atom is 0.150 e. The first-order chi connectivity index (χ1) is 6.81. The zero-order chi connectivity index (χ0) is 9.97. The van der Waals surface area contributed by atoms with Crippen LogP contribution in [0, 0.1) is 6.92 Å². The van der Waals surface area contributed by atoms with Crippen LogP contribution in [0.4, 0.5) is 0 Å². The topological polar surface area (TPSA) is 29.1 Å². The third-order valence-corrected chi connectivity index (χ3v) is 2.80. The molecule has 1 atom stereocenters.